The van der Waals surface area contributed by atoms with Gasteiger partial charge < -0.3 is 10.6 Å². The van der Waals surface area contributed by atoms with Gasteiger partial charge in [0.2, 0.25) is 0 Å². The van der Waals surface area contributed by atoms with Crippen molar-refractivity contribution in [3.63, 3.8) is 0 Å². The summed E-state index contributed by atoms with van der Waals surface area (Å²) >= 11 is 5.89. The highest BCUT2D eigenvalue weighted by atomic mass is 35.5. The van der Waals surface area contributed by atoms with E-state index in [4.69, 9.17) is 16.9 Å². The Morgan fingerprint density at radius 2 is 1.80 bits per heavy atom. The van der Waals surface area contributed by atoms with E-state index in [9.17, 15) is 4.79 Å². The van der Waals surface area contributed by atoms with Crippen LogP contribution in [-0.4, -0.2) is 16.1 Å². The number of amides is 1. The molecule has 6 nitrogen and oxygen atoms in total. The Hall–Kier alpha value is -3.43. The molecule has 7 heteroatoms. The smallest absolute Gasteiger partial charge is 0.276 e. The molecule has 0 saturated heterocycles. The molecule has 0 bridgehead atoms. The molecule has 0 radical (unpaired) electrons. The van der Waals surface area contributed by atoms with Crippen LogP contribution in [0.3, 0.4) is 0 Å². The third-order valence-corrected chi connectivity index (χ3v) is 3.48. The van der Waals surface area contributed by atoms with E-state index >= 15 is 0 Å². The van der Waals surface area contributed by atoms with E-state index in [-0.39, 0.29) is 11.6 Å². The van der Waals surface area contributed by atoms with Crippen molar-refractivity contribution in [3.8, 4) is 6.07 Å². The first-order valence-corrected chi connectivity index (χ1v) is 7.70. The van der Waals surface area contributed by atoms with E-state index in [0.717, 1.165) is 0 Å². The van der Waals surface area contributed by atoms with Crippen molar-refractivity contribution in [1.29, 1.82) is 5.26 Å². The number of nitriles is 1. The van der Waals surface area contributed by atoms with Gasteiger partial charge in [-0.1, -0.05) is 23.7 Å². The maximum Gasteiger partial charge on any atom is 0.276 e. The fraction of sp³-hybridized carbons (Fsp3) is 0. The van der Waals surface area contributed by atoms with Crippen molar-refractivity contribution in [2.24, 2.45) is 0 Å². The highest BCUT2D eigenvalue weighted by Crippen LogP contribution is 2.17. The molecule has 2 aromatic carbocycles. The van der Waals surface area contributed by atoms with E-state index in [1.54, 1.807) is 54.6 Å². The number of nitrogens with zero attached hydrogens (tertiary/aromatic N) is 3. The average Bonchev–Trinajstić information content (AvgIpc) is 2.62. The largest absolute Gasteiger partial charge is 0.339 e. The van der Waals surface area contributed by atoms with Crippen molar-refractivity contribution in [1.82, 2.24) is 10.2 Å². The Morgan fingerprint density at radius 1 is 1.00 bits per heavy atom. The minimum Gasteiger partial charge on any atom is -0.339 e. The molecule has 1 heterocycles. The number of rotatable bonds is 4. The normalized spacial score (nSPS) is 9.92. The van der Waals surface area contributed by atoms with Gasteiger partial charge in [-0.3, -0.25) is 4.79 Å². The summed E-state index contributed by atoms with van der Waals surface area (Å²) in [6.45, 7) is 0. The second-order valence-electron chi connectivity index (χ2n) is 5.09. The number of carbonyl (C=O) groups excluding carboxylic acids is 1. The first-order chi connectivity index (χ1) is 12.1. The van der Waals surface area contributed by atoms with Crippen LogP contribution in [0.25, 0.3) is 0 Å². The van der Waals surface area contributed by atoms with E-state index < -0.39 is 0 Å². The predicted octanol–water partition coefficient (Wildman–Crippen LogP) is 4.00. The fourth-order valence-electron chi connectivity index (χ4n) is 2.10. The number of hydrogen-bond acceptors (Lipinski definition) is 5. The third-order valence-electron chi connectivity index (χ3n) is 3.24. The molecule has 3 aromatic rings. The minimum absolute atomic E-state index is 0.177. The lowest BCUT2D eigenvalue weighted by atomic mass is 10.2. The van der Waals surface area contributed by atoms with E-state index in [1.807, 2.05) is 6.07 Å². The fourth-order valence-corrected chi connectivity index (χ4v) is 2.29. The molecule has 0 unspecified atom stereocenters. The van der Waals surface area contributed by atoms with E-state index in [0.29, 0.717) is 27.8 Å². The van der Waals surface area contributed by atoms with Gasteiger partial charge in [-0.2, -0.15) is 5.26 Å². The number of nitrogens with one attached hydrogen (secondary N) is 2. The van der Waals surface area contributed by atoms with Crippen molar-refractivity contribution >= 4 is 34.7 Å². The van der Waals surface area contributed by atoms with Crippen molar-refractivity contribution < 1.29 is 4.79 Å². The van der Waals surface area contributed by atoms with Crippen LogP contribution in [0, 0.1) is 11.3 Å². The number of benzene rings is 2. The Kier molecular flexibility index (Phi) is 4.88. The zero-order chi connectivity index (χ0) is 17.6. The van der Waals surface area contributed by atoms with Gasteiger partial charge in [-0.15, -0.1) is 10.2 Å². The maximum absolute atomic E-state index is 12.2. The van der Waals surface area contributed by atoms with Gasteiger partial charge in [0.05, 0.1) is 11.6 Å². The number of halogens is 1. The van der Waals surface area contributed by atoms with Crippen LogP contribution < -0.4 is 10.6 Å². The number of hydrogen-bond donors (Lipinski definition) is 2. The predicted molar refractivity (Wildman–Crippen MR) is 95.9 cm³/mol. The molecule has 0 saturated carbocycles. The molecule has 2 N–H and O–H groups in total. The van der Waals surface area contributed by atoms with Crippen LogP contribution >= 0.6 is 11.6 Å². The molecule has 0 fully saturated rings. The molecule has 25 heavy (non-hydrogen) atoms. The van der Waals surface area contributed by atoms with Crippen LogP contribution in [0.4, 0.5) is 17.2 Å². The Bertz CT molecular complexity index is 950. The van der Waals surface area contributed by atoms with Crippen LogP contribution in [0.2, 0.25) is 5.02 Å². The summed E-state index contributed by atoms with van der Waals surface area (Å²) in [5.41, 5.74) is 2.01. The molecule has 122 valence electrons. The van der Waals surface area contributed by atoms with Gasteiger partial charge in [0.1, 0.15) is 0 Å². The second-order valence-corrected chi connectivity index (χ2v) is 5.52. The summed E-state index contributed by atoms with van der Waals surface area (Å²) in [7, 11) is 0. The van der Waals surface area contributed by atoms with Gasteiger partial charge in [0, 0.05) is 16.4 Å². The van der Waals surface area contributed by atoms with E-state index in [1.165, 1.54) is 0 Å². The van der Waals surface area contributed by atoms with Gasteiger partial charge in [-0.05, 0) is 48.5 Å². The Balaban J connectivity index is 1.69. The molecule has 1 aromatic heterocycles. The van der Waals surface area contributed by atoms with Gasteiger partial charge in [0.15, 0.2) is 11.5 Å². The monoisotopic (exact) mass is 349 g/mol. The topological polar surface area (TPSA) is 90.7 Å². The molecule has 0 aliphatic heterocycles. The standard InChI is InChI=1S/C18H12ClN5O/c19-13-4-2-6-15(10-13)22-18(25)16-7-8-17(24-23-16)21-14-5-1-3-12(9-14)11-20/h1-10H,(H,21,24)(H,22,25). The summed E-state index contributed by atoms with van der Waals surface area (Å²) in [6.07, 6.45) is 0. The first kappa shape index (κ1) is 16.4. The van der Waals surface area contributed by atoms with Crippen molar-refractivity contribution in [3.05, 3.63) is 76.9 Å². The lowest BCUT2D eigenvalue weighted by Crippen LogP contribution is -2.14. The molecule has 1 amide bonds. The molecular weight excluding hydrogens is 338 g/mol. The SMILES string of the molecule is N#Cc1cccc(Nc2ccc(C(=O)Nc3cccc(Cl)c3)nn2)c1. The third kappa shape index (κ3) is 4.31. The zero-order valence-corrected chi connectivity index (χ0v) is 13.7. The van der Waals surface area contributed by atoms with Crippen LogP contribution in [0.15, 0.2) is 60.7 Å². The molecule has 0 aliphatic rings. The second kappa shape index (κ2) is 7.43. The molecule has 0 atom stereocenters. The molecule has 0 aliphatic carbocycles. The van der Waals surface area contributed by atoms with Gasteiger partial charge >= 0.3 is 0 Å². The number of aromatic nitrogens is 2. The lowest BCUT2D eigenvalue weighted by Gasteiger charge is -2.07. The average molecular weight is 350 g/mol. The quantitative estimate of drug-likeness (QED) is 0.743. The van der Waals surface area contributed by atoms with Crippen LogP contribution in [-0.2, 0) is 0 Å². The molecule has 3 rings (SSSR count). The molecular formula is C18H12ClN5O. The maximum atomic E-state index is 12.2. The minimum atomic E-state index is -0.382. The summed E-state index contributed by atoms with van der Waals surface area (Å²) in [5, 5.41) is 23.1. The highest BCUT2D eigenvalue weighted by molar-refractivity contribution is 6.30. The Labute approximate surface area is 149 Å². The first-order valence-electron chi connectivity index (χ1n) is 7.32. The summed E-state index contributed by atoms with van der Waals surface area (Å²) < 4.78 is 0. The van der Waals surface area contributed by atoms with Gasteiger partial charge in [0.25, 0.3) is 5.91 Å². The van der Waals surface area contributed by atoms with Gasteiger partial charge in [-0.25, -0.2) is 0 Å². The summed E-state index contributed by atoms with van der Waals surface area (Å²) in [6, 6.07) is 19.1. The summed E-state index contributed by atoms with van der Waals surface area (Å²) in [5.74, 6) is 0.0854. The highest BCUT2D eigenvalue weighted by Gasteiger charge is 2.09. The number of carbonyl (C=O) groups is 1. The number of anilines is 3. The van der Waals surface area contributed by atoms with Crippen LogP contribution in [0.1, 0.15) is 16.1 Å². The van der Waals surface area contributed by atoms with Crippen LogP contribution in [0.5, 0.6) is 0 Å². The van der Waals surface area contributed by atoms with E-state index in [2.05, 4.69) is 26.9 Å². The summed E-state index contributed by atoms with van der Waals surface area (Å²) in [4.78, 5) is 12.2. The van der Waals surface area contributed by atoms with Crippen molar-refractivity contribution in [2.45, 2.75) is 0 Å². The van der Waals surface area contributed by atoms with Crippen molar-refractivity contribution in [2.75, 3.05) is 10.6 Å². The Morgan fingerprint density at radius 3 is 2.52 bits per heavy atom. The zero-order valence-electron chi connectivity index (χ0n) is 12.9. The lowest BCUT2D eigenvalue weighted by molar-refractivity contribution is 0.102. The molecule has 0 spiro atoms.